The Bertz CT molecular complexity index is 1130. The molecule has 1 aliphatic rings. The fourth-order valence-corrected chi connectivity index (χ4v) is 4.44. The molecule has 0 amide bonds. The first kappa shape index (κ1) is 17.9. The molecule has 6 nitrogen and oxygen atoms in total. The van der Waals surface area contributed by atoms with Crippen LogP contribution in [-0.2, 0) is 0 Å². The van der Waals surface area contributed by atoms with E-state index in [1.54, 1.807) is 17.2 Å². The fourth-order valence-electron chi connectivity index (χ4n) is 4.44. The summed E-state index contributed by atoms with van der Waals surface area (Å²) in [5, 5.41) is 8.75. The highest BCUT2D eigenvalue weighted by Crippen LogP contribution is 2.42. The number of aromatic amines is 1. The van der Waals surface area contributed by atoms with Crippen molar-refractivity contribution >= 4 is 16.7 Å². The predicted molar refractivity (Wildman–Crippen MR) is 116 cm³/mol. The van der Waals surface area contributed by atoms with E-state index in [1.807, 2.05) is 0 Å². The molecule has 1 aliphatic heterocycles. The first-order chi connectivity index (χ1) is 14.0. The van der Waals surface area contributed by atoms with Crippen LogP contribution in [0.3, 0.4) is 0 Å². The Morgan fingerprint density at radius 2 is 1.72 bits per heavy atom. The number of benzene rings is 2. The number of aromatic nitrogens is 5. The Kier molecular flexibility index (Phi) is 4.15. The highest BCUT2D eigenvalue weighted by Gasteiger charge is 2.36. The number of rotatable bonds is 3. The van der Waals surface area contributed by atoms with E-state index < -0.39 is 0 Å². The number of H-pyrrole nitrogens is 1. The molecule has 148 valence electrons. The summed E-state index contributed by atoms with van der Waals surface area (Å²) < 4.78 is 0. The quantitative estimate of drug-likeness (QED) is 0.556. The second kappa shape index (κ2) is 6.72. The molecule has 2 aromatic heterocycles. The lowest BCUT2D eigenvalue weighted by atomic mass is 10.0. The van der Waals surface area contributed by atoms with Crippen molar-refractivity contribution in [3.05, 3.63) is 65.2 Å². The Balaban J connectivity index is 1.62. The second-order valence-electron chi connectivity index (χ2n) is 8.29. The van der Waals surface area contributed by atoms with Crippen molar-refractivity contribution in [2.75, 3.05) is 11.4 Å². The zero-order valence-corrected chi connectivity index (χ0v) is 17.3. The van der Waals surface area contributed by atoms with E-state index in [1.165, 1.54) is 16.7 Å². The number of aryl methyl sites for hydroxylation is 3. The van der Waals surface area contributed by atoms with Crippen LogP contribution in [-0.4, -0.2) is 31.5 Å². The number of imidazole rings is 1. The summed E-state index contributed by atoms with van der Waals surface area (Å²) in [7, 11) is 0. The topological polar surface area (TPSA) is 62.6 Å². The molecule has 4 aromatic rings. The van der Waals surface area contributed by atoms with Gasteiger partial charge >= 0.3 is 0 Å². The van der Waals surface area contributed by atoms with E-state index in [0.717, 1.165) is 41.2 Å². The molecule has 1 saturated heterocycles. The minimum Gasteiger partial charge on any atom is -0.359 e. The molecule has 3 heterocycles. The normalized spacial score (nSPS) is 19.4. The van der Waals surface area contributed by atoms with Gasteiger partial charge in [-0.2, -0.15) is 10.2 Å². The molecule has 1 N–H and O–H groups in total. The van der Waals surface area contributed by atoms with Crippen LogP contribution in [0.25, 0.3) is 16.7 Å². The van der Waals surface area contributed by atoms with Crippen molar-refractivity contribution in [3.63, 3.8) is 0 Å². The molecular weight excluding hydrogens is 360 g/mol. The lowest BCUT2D eigenvalue weighted by Gasteiger charge is -2.29. The van der Waals surface area contributed by atoms with Crippen LogP contribution in [0.2, 0.25) is 0 Å². The van der Waals surface area contributed by atoms with Gasteiger partial charge in [0.1, 0.15) is 11.5 Å². The second-order valence-corrected chi connectivity index (χ2v) is 8.29. The van der Waals surface area contributed by atoms with E-state index in [9.17, 15) is 0 Å². The largest absolute Gasteiger partial charge is 0.359 e. The summed E-state index contributed by atoms with van der Waals surface area (Å²) in [6, 6.07) is 11.0. The monoisotopic (exact) mass is 386 g/mol. The molecule has 0 bridgehead atoms. The number of fused-ring (bicyclic) bond motifs is 1. The molecular formula is C23H26N6. The van der Waals surface area contributed by atoms with Gasteiger partial charge in [-0.25, -0.2) is 4.98 Å². The summed E-state index contributed by atoms with van der Waals surface area (Å²) in [6.07, 6.45) is 4.56. The van der Waals surface area contributed by atoms with Crippen molar-refractivity contribution in [3.8, 4) is 5.69 Å². The third-order valence-corrected chi connectivity index (χ3v) is 6.17. The van der Waals surface area contributed by atoms with Crippen LogP contribution >= 0.6 is 0 Å². The van der Waals surface area contributed by atoms with Crippen molar-refractivity contribution in [1.29, 1.82) is 0 Å². The van der Waals surface area contributed by atoms with Gasteiger partial charge in [-0.3, -0.25) is 0 Å². The Morgan fingerprint density at radius 3 is 2.52 bits per heavy atom. The molecule has 29 heavy (non-hydrogen) atoms. The molecule has 2 aromatic carbocycles. The standard InChI is InChI=1S/C23H26N6/c1-14-5-6-20(29-24-8-9-25-29)21(11-14)28-10-7-15(2)22(28)23-26-18-12-16(3)17(4)13-19(18)27-23/h5-6,8-9,11-13,15,22H,7,10H2,1-4H3,(H,26,27)/t15-,22-/m0/s1. The zero-order valence-electron chi connectivity index (χ0n) is 17.3. The molecule has 0 spiro atoms. The number of anilines is 1. The van der Waals surface area contributed by atoms with Crippen molar-refractivity contribution in [2.45, 2.75) is 40.2 Å². The molecule has 0 aliphatic carbocycles. The molecule has 6 heteroatoms. The maximum absolute atomic E-state index is 5.00. The van der Waals surface area contributed by atoms with Crippen molar-refractivity contribution in [2.24, 2.45) is 5.92 Å². The molecule has 5 rings (SSSR count). The van der Waals surface area contributed by atoms with Crippen LogP contribution in [0.1, 0.15) is 41.9 Å². The first-order valence-corrected chi connectivity index (χ1v) is 10.2. The maximum atomic E-state index is 5.00. The molecule has 0 radical (unpaired) electrons. The number of hydrogen-bond acceptors (Lipinski definition) is 4. The van der Waals surface area contributed by atoms with Gasteiger partial charge in [0, 0.05) is 6.54 Å². The number of nitrogens with one attached hydrogen (secondary N) is 1. The average molecular weight is 387 g/mol. The van der Waals surface area contributed by atoms with Crippen LogP contribution in [0.15, 0.2) is 42.7 Å². The molecule has 2 atom stereocenters. The van der Waals surface area contributed by atoms with Gasteiger partial charge in [0.2, 0.25) is 0 Å². The van der Waals surface area contributed by atoms with Crippen molar-refractivity contribution < 1.29 is 0 Å². The average Bonchev–Trinajstić information content (AvgIpc) is 3.42. The number of hydrogen-bond donors (Lipinski definition) is 1. The van der Waals surface area contributed by atoms with Gasteiger partial charge in [-0.1, -0.05) is 13.0 Å². The molecule has 0 unspecified atom stereocenters. The molecule has 0 saturated carbocycles. The third kappa shape index (κ3) is 2.99. The Morgan fingerprint density at radius 1 is 0.966 bits per heavy atom. The van der Waals surface area contributed by atoms with Gasteiger partial charge in [0.05, 0.1) is 35.2 Å². The van der Waals surface area contributed by atoms with E-state index in [2.05, 4.69) is 78.1 Å². The highest BCUT2D eigenvalue weighted by atomic mass is 15.5. The van der Waals surface area contributed by atoms with Gasteiger partial charge < -0.3 is 9.88 Å². The van der Waals surface area contributed by atoms with Gasteiger partial charge in [-0.05, 0) is 74.1 Å². The summed E-state index contributed by atoms with van der Waals surface area (Å²) in [6.45, 7) is 9.72. The SMILES string of the molecule is Cc1ccc(-n2nccn2)c(N2CC[C@H](C)[C@H]2c2nc3cc(C)c(C)cc3[nH]2)c1. The lowest BCUT2D eigenvalue weighted by molar-refractivity contribution is 0.513. The maximum Gasteiger partial charge on any atom is 0.130 e. The van der Waals surface area contributed by atoms with Crippen LogP contribution in [0.4, 0.5) is 5.69 Å². The Hall–Kier alpha value is -3.15. The summed E-state index contributed by atoms with van der Waals surface area (Å²) >= 11 is 0. The zero-order chi connectivity index (χ0) is 20.1. The van der Waals surface area contributed by atoms with Crippen LogP contribution in [0.5, 0.6) is 0 Å². The Labute approximate surface area is 170 Å². The smallest absolute Gasteiger partial charge is 0.130 e. The van der Waals surface area contributed by atoms with E-state index in [4.69, 9.17) is 4.98 Å². The minimum atomic E-state index is 0.194. The van der Waals surface area contributed by atoms with Crippen LogP contribution < -0.4 is 4.90 Å². The summed E-state index contributed by atoms with van der Waals surface area (Å²) in [4.78, 5) is 12.8. The molecule has 1 fully saturated rings. The van der Waals surface area contributed by atoms with E-state index in [0.29, 0.717) is 5.92 Å². The number of nitrogens with zero attached hydrogens (tertiary/aromatic N) is 5. The minimum absolute atomic E-state index is 0.194. The van der Waals surface area contributed by atoms with E-state index >= 15 is 0 Å². The van der Waals surface area contributed by atoms with E-state index in [-0.39, 0.29) is 6.04 Å². The third-order valence-electron chi connectivity index (χ3n) is 6.17. The predicted octanol–water partition coefficient (Wildman–Crippen LogP) is 4.66. The van der Waals surface area contributed by atoms with Gasteiger partial charge in [0.15, 0.2) is 0 Å². The summed E-state index contributed by atoms with van der Waals surface area (Å²) in [5.41, 5.74) is 8.10. The fraction of sp³-hybridized carbons (Fsp3) is 0.348. The highest BCUT2D eigenvalue weighted by molar-refractivity contribution is 5.77. The van der Waals surface area contributed by atoms with Crippen LogP contribution in [0, 0.1) is 26.7 Å². The first-order valence-electron chi connectivity index (χ1n) is 10.2. The van der Waals surface area contributed by atoms with Gasteiger partial charge in [-0.15, -0.1) is 4.80 Å². The lowest BCUT2D eigenvalue weighted by Crippen LogP contribution is -2.27. The summed E-state index contributed by atoms with van der Waals surface area (Å²) in [5.74, 6) is 1.53. The van der Waals surface area contributed by atoms with Gasteiger partial charge in [0.25, 0.3) is 0 Å². The van der Waals surface area contributed by atoms with Crippen molar-refractivity contribution in [1.82, 2.24) is 25.0 Å².